The van der Waals surface area contributed by atoms with Crippen LogP contribution in [0.2, 0.25) is 0 Å². The lowest BCUT2D eigenvalue weighted by atomic mass is 9.35. The van der Waals surface area contributed by atoms with Crippen LogP contribution in [0.1, 0.15) is 107 Å². The molecule has 216 valence electrons. The smallest absolute Gasteiger partial charge is 0.140 e. The van der Waals surface area contributed by atoms with E-state index in [2.05, 4.69) is 67.5 Å². The van der Waals surface area contributed by atoms with Gasteiger partial charge >= 0.3 is 0 Å². The molecule has 0 radical (unpaired) electrons. The van der Waals surface area contributed by atoms with Crippen LogP contribution < -0.4 is 0 Å². The molecule has 4 nitrogen and oxygen atoms in total. The Morgan fingerprint density at radius 2 is 1.74 bits per heavy atom. The van der Waals surface area contributed by atoms with Crippen molar-refractivity contribution >= 4 is 5.78 Å². The van der Waals surface area contributed by atoms with Crippen LogP contribution in [0.3, 0.4) is 0 Å². The summed E-state index contributed by atoms with van der Waals surface area (Å²) < 4.78 is 0. The number of carbonyl (C=O) groups is 1. The summed E-state index contributed by atoms with van der Waals surface area (Å²) in [5.74, 6) is 2.05. The Hall–Kier alpha value is -0.970. The summed E-state index contributed by atoms with van der Waals surface area (Å²) in [6.07, 6.45) is 8.40. The highest BCUT2D eigenvalue weighted by Gasteiger charge is 2.69. The Balaban J connectivity index is 1.69. The van der Waals surface area contributed by atoms with Gasteiger partial charge in [0.2, 0.25) is 0 Å². The molecule has 0 saturated heterocycles. The molecule has 0 heterocycles. The van der Waals surface area contributed by atoms with Gasteiger partial charge in [-0.25, -0.2) is 0 Å². The molecule has 0 aromatic heterocycles. The van der Waals surface area contributed by atoms with Crippen molar-refractivity contribution in [1.29, 1.82) is 0 Å². The van der Waals surface area contributed by atoms with Crippen molar-refractivity contribution in [2.45, 2.75) is 126 Å². The fourth-order valence-electron chi connectivity index (χ4n) is 10.3. The number of aliphatic hydroxyl groups is 3. The van der Waals surface area contributed by atoms with Gasteiger partial charge in [-0.05, 0) is 97.9 Å². The highest BCUT2D eigenvalue weighted by molar-refractivity contribution is 5.87. The van der Waals surface area contributed by atoms with E-state index in [0.717, 1.165) is 43.3 Å². The van der Waals surface area contributed by atoms with Crippen molar-refractivity contribution in [3.63, 3.8) is 0 Å². The average Bonchev–Trinajstić information content (AvgIpc) is 2.80. The lowest BCUT2D eigenvalue weighted by molar-refractivity contribution is -0.206. The molecule has 3 N–H and O–H groups in total. The Morgan fingerprint density at radius 3 is 2.34 bits per heavy atom. The third-order valence-electron chi connectivity index (χ3n) is 12.4. The first-order valence-electron chi connectivity index (χ1n) is 15.6. The maximum absolute atomic E-state index is 14.5. The number of fused-ring (bicyclic) bond motifs is 3. The van der Waals surface area contributed by atoms with E-state index < -0.39 is 17.6 Å². The molecule has 0 spiro atoms. The maximum Gasteiger partial charge on any atom is 0.140 e. The Morgan fingerprint density at radius 1 is 1.08 bits per heavy atom. The van der Waals surface area contributed by atoms with Crippen LogP contribution in [-0.2, 0) is 4.79 Å². The minimum atomic E-state index is -0.774. The van der Waals surface area contributed by atoms with E-state index in [9.17, 15) is 20.1 Å². The fourth-order valence-corrected chi connectivity index (χ4v) is 10.3. The van der Waals surface area contributed by atoms with Gasteiger partial charge in [-0.2, -0.15) is 0 Å². The second-order valence-corrected chi connectivity index (χ2v) is 15.1. The van der Waals surface area contributed by atoms with E-state index in [1.54, 1.807) is 0 Å². The van der Waals surface area contributed by atoms with Crippen LogP contribution in [0.15, 0.2) is 23.3 Å². The van der Waals surface area contributed by atoms with Crippen LogP contribution in [-0.4, -0.2) is 39.4 Å². The Kier molecular flexibility index (Phi) is 8.25. The standard InChI is InChI=1S/C34H56O4/c1-10-23(35)12-11-13-26(36)28-21(5)16-33(8)18-32(7)17-25-24(19(2)3)15-14-20(4)27(25)30(37)29(32)22(6)34(33,9)31(28)38/h14-15,19-20,22-27,29,31,35-36,38H,10-13,16-18H2,1-9H3. The number of allylic oxidation sites excluding steroid dienone is 3. The normalized spacial score (nSPS) is 46.4. The number of ketones is 1. The molecule has 4 rings (SSSR count). The van der Waals surface area contributed by atoms with Crippen LogP contribution in [0.25, 0.3) is 0 Å². The second-order valence-electron chi connectivity index (χ2n) is 15.1. The van der Waals surface area contributed by atoms with Crippen LogP contribution in [0.5, 0.6) is 0 Å². The van der Waals surface area contributed by atoms with Crippen LogP contribution >= 0.6 is 0 Å². The third-order valence-corrected chi connectivity index (χ3v) is 12.4. The van der Waals surface area contributed by atoms with Crippen molar-refractivity contribution in [2.75, 3.05) is 0 Å². The molecule has 0 bridgehead atoms. The number of Topliss-reactive ketones (excluding diaryl/α,β-unsaturated/α-hetero) is 1. The summed E-state index contributed by atoms with van der Waals surface area (Å²) >= 11 is 0. The van der Waals surface area contributed by atoms with Gasteiger partial charge in [0.25, 0.3) is 0 Å². The van der Waals surface area contributed by atoms with Crippen molar-refractivity contribution in [3.05, 3.63) is 23.3 Å². The predicted molar refractivity (Wildman–Crippen MR) is 154 cm³/mol. The number of hydrogen-bond acceptors (Lipinski definition) is 4. The molecule has 38 heavy (non-hydrogen) atoms. The van der Waals surface area contributed by atoms with E-state index in [0.29, 0.717) is 36.4 Å². The predicted octanol–water partition coefficient (Wildman–Crippen LogP) is 6.73. The summed E-state index contributed by atoms with van der Waals surface area (Å²) in [6.45, 7) is 20.0. The van der Waals surface area contributed by atoms with Crippen LogP contribution in [0, 0.1) is 57.7 Å². The Labute approximate surface area is 232 Å². The molecular weight excluding hydrogens is 472 g/mol. The molecule has 4 aliphatic carbocycles. The van der Waals surface area contributed by atoms with E-state index in [4.69, 9.17) is 0 Å². The number of carbonyl (C=O) groups excluding carboxylic acids is 1. The first kappa shape index (κ1) is 30.0. The molecule has 0 aromatic rings. The third kappa shape index (κ3) is 4.49. The summed E-state index contributed by atoms with van der Waals surface area (Å²) in [7, 11) is 0. The molecule has 12 atom stereocenters. The van der Waals surface area contributed by atoms with Gasteiger partial charge in [-0.15, -0.1) is 0 Å². The van der Waals surface area contributed by atoms with Gasteiger partial charge in [0, 0.05) is 17.3 Å². The van der Waals surface area contributed by atoms with Crippen LogP contribution in [0.4, 0.5) is 0 Å². The SMILES string of the molecule is CCC(O)CCCC(O)C1=C(C)CC2(C)CC3(C)CC4C(C(C)C)C=CC(C)C4C(=O)C3C(C)C2(C)C1O. The molecule has 4 heteroatoms. The molecule has 4 aliphatic rings. The van der Waals surface area contributed by atoms with E-state index in [1.165, 1.54) is 0 Å². The lowest BCUT2D eigenvalue weighted by Gasteiger charge is -2.68. The summed E-state index contributed by atoms with van der Waals surface area (Å²) in [5, 5.41) is 33.4. The summed E-state index contributed by atoms with van der Waals surface area (Å²) in [6, 6.07) is 0. The number of hydrogen-bond donors (Lipinski definition) is 3. The van der Waals surface area contributed by atoms with E-state index >= 15 is 0 Å². The molecule has 2 saturated carbocycles. The number of rotatable bonds is 7. The first-order valence-corrected chi connectivity index (χ1v) is 15.6. The van der Waals surface area contributed by atoms with Gasteiger partial charge in [0.05, 0.1) is 18.3 Å². The molecule has 0 aliphatic heterocycles. The Bertz CT molecular complexity index is 966. The largest absolute Gasteiger partial charge is 0.393 e. The topological polar surface area (TPSA) is 77.8 Å². The second kappa shape index (κ2) is 10.5. The van der Waals surface area contributed by atoms with Crippen molar-refractivity contribution in [2.24, 2.45) is 57.7 Å². The van der Waals surface area contributed by atoms with Crippen molar-refractivity contribution in [1.82, 2.24) is 0 Å². The zero-order valence-electron chi connectivity index (χ0n) is 25.6. The fraction of sp³-hybridized carbons (Fsp3) is 0.853. The minimum absolute atomic E-state index is 0.0162. The molecule has 2 fully saturated rings. The zero-order valence-corrected chi connectivity index (χ0v) is 25.6. The molecule has 0 amide bonds. The van der Waals surface area contributed by atoms with E-state index in [-0.39, 0.29) is 40.6 Å². The van der Waals surface area contributed by atoms with E-state index in [1.807, 2.05) is 6.92 Å². The lowest BCUT2D eigenvalue weighted by Crippen LogP contribution is -2.67. The molecule has 12 unspecified atom stereocenters. The van der Waals surface area contributed by atoms with Gasteiger partial charge in [-0.1, -0.05) is 73.1 Å². The van der Waals surface area contributed by atoms with Gasteiger partial charge in [0.1, 0.15) is 5.78 Å². The zero-order chi connectivity index (χ0) is 28.4. The molecule has 0 aromatic carbocycles. The molecular formula is C34H56O4. The van der Waals surface area contributed by atoms with Gasteiger partial charge in [-0.3, -0.25) is 4.79 Å². The minimum Gasteiger partial charge on any atom is -0.393 e. The summed E-state index contributed by atoms with van der Waals surface area (Å²) in [4.78, 5) is 14.5. The maximum atomic E-state index is 14.5. The van der Waals surface area contributed by atoms with Crippen molar-refractivity contribution < 1.29 is 20.1 Å². The summed E-state index contributed by atoms with van der Waals surface area (Å²) in [5.41, 5.74) is 1.16. The first-order chi connectivity index (χ1) is 17.6. The monoisotopic (exact) mass is 528 g/mol. The number of aliphatic hydroxyl groups excluding tert-OH is 3. The highest BCUT2D eigenvalue weighted by Crippen LogP contribution is 2.71. The van der Waals surface area contributed by atoms with Gasteiger partial charge < -0.3 is 15.3 Å². The van der Waals surface area contributed by atoms with Crippen molar-refractivity contribution in [3.8, 4) is 0 Å². The highest BCUT2D eigenvalue weighted by atomic mass is 16.3. The quantitative estimate of drug-likeness (QED) is 0.320. The average molecular weight is 529 g/mol. The van der Waals surface area contributed by atoms with Gasteiger partial charge in [0.15, 0.2) is 0 Å².